The van der Waals surface area contributed by atoms with Crippen LogP contribution in [0.15, 0.2) is 42.0 Å². The van der Waals surface area contributed by atoms with Crippen LogP contribution in [0.4, 0.5) is 0 Å². The van der Waals surface area contributed by atoms with E-state index in [1.54, 1.807) is 0 Å². The van der Waals surface area contributed by atoms with Gasteiger partial charge in [-0.05, 0) is 50.4 Å². The normalized spacial score (nSPS) is 10.8. The van der Waals surface area contributed by atoms with Crippen molar-refractivity contribution in [1.82, 2.24) is 9.13 Å². The number of hydrogen-bond acceptors (Lipinski definition) is 4. The van der Waals surface area contributed by atoms with Crippen molar-refractivity contribution in [3.63, 3.8) is 0 Å². The molecule has 0 fully saturated rings. The van der Waals surface area contributed by atoms with Crippen molar-refractivity contribution in [3.05, 3.63) is 63.9 Å². The molecular formula is C19H20N2O3S. The molecule has 3 rings (SSSR count). The Morgan fingerprint density at radius 2 is 1.92 bits per heavy atom. The molecule has 0 saturated heterocycles. The maximum absolute atomic E-state index is 12.4. The second-order valence-corrected chi connectivity index (χ2v) is 6.67. The molecule has 0 amide bonds. The lowest BCUT2D eigenvalue weighted by molar-refractivity contribution is 0.0479. The minimum Gasteiger partial charge on any atom is -0.453 e. The van der Waals surface area contributed by atoms with Crippen LogP contribution in [0.2, 0.25) is 0 Å². The van der Waals surface area contributed by atoms with Crippen LogP contribution in [-0.4, -0.2) is 27.5 Å². The van der Waals surface area contributed by atoms with Crippen molar-refractivity contribution in [2.45, 2.75) is 27.3 Å². The number of hydrogen-bond donors (Lipinski definition) is 0. The van der Waals surface area contributed by atoms with Gasteiger partial charge in [0.25, 0.3) is 0 Å². The summed E-state index contributed by atoms with van der Waals surface area (Å²) in [6, 6.07) is 7.49. The zero-order valence-electron chi connectivity index (χ0n) is 14.5. The number of thiophene rings is 1. The van der Waals surface area contributed by atoms with Gasteiger partial charge in [-0.15, -0.1) is 11.3 Å². The Kier molecular flexibility index (Phi) is 4.90. The second kappa shape index (κ2) is 7.11. The summed E-state index contributed by atoms with van der Waals surface area (Å²) in [7, 11) is 0. The molecule has 0 aliphatic rings. The van der Waals surface area contributed by atoms with E-state index in [0.717, 1.165) is 23.6 Å². The van der Waals surface area contributed by atoms with E-state index in [1.165, 1.54) is 11.3 Å². The standard InChI is InChI=1S/C19H20N2O3S/c1-4-21-13(2)11-15(14(21)3)17(22)12-24-19(23)18-16(7-10-25-18)20-8-5-6-9-20/h5-11H,4,12H2,1-3H3. The number of aromatic nitrogens is 2. The molecule has 0 aromatic carbocycles. The molecule has 25 heavy (non-hydrogen) atoms. The highest BCUT2D eigenvalue weighted by Gasteiger charge is 2.20. The molecule has 6 heteroatoms. The fourth-order valence-electron chi connectivity index (χ4n) is 3.00. The lowest BCUT2D eigenvalue weighted by Gasteiger charge is -2.07. The summed E-state index contributed by atoms with van der Waals surface area (Å²) in [4.78, 5) is 25.3. The van der Waals surface area contributed by atoms with Gasteiger partial charge >= 0.3 is 5.97 Å². The smallest absolute Gasteiger partial charge is 0.350 e. The molecule has 0 unspecified atom stereocenters. The Labute approximate surface area is 150 Å². The van der Waals surface area contributed by atoms with Crippen molar-refractivity contribution in [3.8, 4) is 5.69 Å². The molecule has 0 saturated carbocycles. The van der Waals surface area contributed by atoms with Gasteiger partial charge in [0, 0.05) is 35.9 Å². The summed E-state index contributed by atoms with van der Waals surface area (Å²) in [5, 5.41) is 1.84. The lowest BCUT2D eigenvalue weighted by atomic mass is 10.1. The fraction of sp³-hybridized carbons (Fsp3) is 0.263. The number of nitrogens with zero attached hydrogens (tertiary/aromatic N) is 2. The molecule has 0 aliphatic heterocycles. The summed E-state index contributed by atoms with van der Waals surface area (Å²) in [5.74, 6) is -0.656. The molecule has 0 bridgehead atoms. The van der Waals surface area contributed by atoms with E-state index in [0.29, 0.717) is 10.4 Å². The third-order valence-corrected chi connectivity index (χ3v) is 5.12. The maximum atomic E-state index is 12.4. The van der Waals surface area contributed by atoms with Crippen LogP contribution in [-0.2, 0) is 11.3 Å². The molecule has 0 radical (unpaired) electrons. The van der Waals surface area contributed by atoms with Gasteiger partial charge in [-0.3, -0.25) is 4.79 Å². The van der Waals surface area contributed by atoms with Crippen molar-refractivity contribution in [2.75, 3.05) is 6.61 Å². The summed E-state index contributed by atoms with van der Waals surface area (Å²) < 4.78 is 9.20. The highest BCUT2D eigenvalue weighted by molar-refractivity contribution is 7.12. The number of Topliss-reactive ketones (excluding diaryl/α,β-unsaturated/α-hetero) is 1. The van der Waals surface area contributed by atoms with E-state index in [-0.39, 0.29) is 12.4 Å². The first kappa shape index (κ1) is 17.2. The van der Waals surface area contributed by atoms with E-state index >= 15 is 0 Å². The van der Waals surface area contributed by atoms with Gasteiger partial charge in [0.15, 0.2) is 6.61 Å². The summed E-state index contributed by atoms with van der Waals surface area (Å²) in [6.07, 6.45) is 3.73. The minimum absolute atomic E-state index is 0.180. The Hall–Kier alpha value is -2.60. The van der Waals surface area contributed by atoms with Crippen LogP contribution in [0, 0.1) is 13.8 Å². The molecule has 3 heterocycles. The SMILES string of the molecule is CCn1c(C)cc(C(=O)COC(=O)c2sccc2-n2cccc2)c1C. The highest BCUT2D eigenvalue weighted by atomic mass is 32.1. The van der Waals surface area contributed by atoms with Gasteiger partial charge in [-0.25, -0.2) is 4.79 Å². The molecule has 3 aromatic rings. The number of carbonyl (C=O) groups is 2. The number of carbonyl (C=O) groups excluding carboxylic acids is 2. The Morgan fingerprint density at radius 3 is 2.56 bits per heavy atom. The van der Waals surface area contributed by atoms with E-state index < -0.39 is 5.97 Å². The topological polar surface area (TPSA) is 53.2 Å². The van der Waals surface area contributed by atoms with Gasteiger partial charge < -0.3 is 13.9 Å². The Morgan fingerprint density at radius 1 is 1.20 bits per heavy atom. The van der Waals surface area contributed by atoms with Crippen LogP contribution < -0.4 is 0 Å². The molecule has 0 spiro atoms. The van der Waals surface area contributed by atoms with Crippen LogP contribution >= 0.6 is 11.3 Å². The zero-order chi connectivity index (χ0) is 18.0. The van der Waals surface area contributed by atoms with E-state index in [9.17, 15) is 9.59 Å². The summed E-state index contributed by atoms with van der Waals surface area (Å²) >= 11 is 1.31. The van der Waals surface area contributed by atoms with Gasteiger partial charge in [-0.2, -0.15) is 0 Å². The van der Waals surface area contributed by atoms with Crippen molar-refractivity contribution in [1.29, 1.82) is 0 Å². The molecule has 130 valence electrons. The van der Waals surface area contributed by atoms with Gasteiger partial charge in [-0.1, -0.05) is 0 Å². The Bertz CT molecular complexity index is 903. The molecule has 0 N–H and O–H groups in total. The van der Waals surface area contributed by atoms with E-state index in [2.05, 4.69) is 4.57 Å². The van der Waals surface area contributed by atoms with Crippen molar-refractivity contribution >= 4 is 23.1 Å². The first-order valence-corrected chi connectivity index (χ1v) is 8.98. The van der Waals surface area contributed by atoms with Gasteiger partial charge in [0.1, 0.15) is 4.88 Å². The van der Waals surface area contributed by atoms with E-state index in [4.69, 9.17) is 4.74 Å². The number of rotatable bonds is 6. The molecule has 0 atom stereocenters. The maximum Gasteiger partial charge on any atom is 0.350 e. The van der Waals surface area contributed by atoms with Gasteiger partial charge in [0.05, 0.1) is 5.69 Å². The predicted molar refractivity (Wildman–Crippen MR) is 97.8 cm³/mol. The predicted octanol–water partition coefficient (Wildman–Crippen LogP) is 4.02. The monoisotopic (exact) mass is 356 g/mol. The van der Waals surface area contributed by atoms with Crippen LogP contribution in [0.25, 0.3) is 5.69 Å². The zero-order valence-corrected chi connectivity index (χ0v) is 15.3. The van der Waals surface area contributed by atoms with Gasteiger partial charge in [0.2, 0.25) is 5.78 Å². The summed E-state index contributed by atoms with van der Waals surface area (Å²) in [5.41, 5.74) is 3.31. The average Bonchev–Trinajstić information content (AvgIpc) is 3.32. The molecule has 5 nitrogen and oxygen atoms in total. The average molecular weight is 356 g/mol. The summed E-state index contributed by atoms with van der Waals surface area (Å²) in [6.45, 7) is 6.47. The highest BCUT2D eigenvalue weighted by Crippen LogP contribution is 2.22. The largest absolute Gasteiger partial charge is 0.453 e. The first-order valence-electron chi connectivity index (χ1n) is 8.10. The van der Waals surface area contributed by atoms with Crippen molar-refractivity contribution in [2.24, 2.45) is 0 Å². The molecule has 3 aromatic heterocycles. The van der Waals surface area contributed by atoms with E-state index in [1.807, 2.05) is 67.4 Å². The molecular weight excluding hydrogens is 336 g/mol. The Balaban J connectivity index is 1.71. The van der Waals surface area contributed by atoms with Crippen LogP contribution in [0.3, 0.4) is 0 Å². The second-order valence-electron chi connectivity index (χ2n) is 5.75. The number of ketones is 1. The quantitative estimate of drug-likeness (QED) is 0.495. The number of esters is 1. The minimum atomic E-state index is -0.476. The first-order chi connectivity index (χ1) is 12.0. The van der Waals surface area contributed by atoms with Crippen LogP contribution in [0.1, 0.15) is 38.3 Å². The number of ether oxygens (including phenoxy) is 1. The lowest BCUT2D eigenvalue weighted by Crippen LogP contribution is -2.15. The third-order valence-electron chi connectivity index (χ3n) is 4.24. The third kappa shape index (κ3) is 3.30. The van der Waals surface area contributed by atoms with Crippen LogP contribution in [0.5, 0.6) is 0 Å². The number of aryl methyl sites for hydroxylation is 1. The fourth-order valence-corrected chi connectivity index (χ4v) is 3.78. The molecule has 0 aliphatic carbocycles. The van der Waals surface area contributed by atoms with Crippen molar-refractivity contribution < 1.29 is 14.3 Å².